The summed E-state index contributed by atoms with van der Waals surface area (Å²) < 4.78 is 11.0. The van der Waals surface area contributed by atoms with E-state index < -0.39 is 0 Å². The van der Waals surface area contributed by atoms with E-state index in [1.165, 1.54) is 51.4 Å². The predicted octanol–water partition coefficient (Wildman–Crippen LogP) is 4.18. The van der Waals surface area contributed by atoms with Gasteiger partial charge in [0, 0.05) is 13.2 Å². The SMILES string of the molecule is CCCCCCCOCCOCCCCC. The maximum absolute atomic E-state index is 5.50. The third-order valence-corrected chi connectivity index (χ3v) is 2.66. The van der Waals surface area contributed by atoms with Crippen LogP contribution < -0.4 is 0 Å². The van der Waals surface area contributed by atoms with Gasteiger partial charge in [-0.1, -0.05) is 52.4 Å². The van der Waals surface area contributed by atoms with Gasteiger partial charge in [0.1, 0.15) is 0 Å². The van der Waals surface area contributed by atoms with Crippen LogP contribution in [0, 0.1) is 0 Å². The second-order valence-electron chi connectivity index (χ2n) is 4.35. The molecule has 0 radical (unpaired) electrons. The molecule has 0 heterocycles. The van der Waals surface area contributed by atoms with E-state index in [1.54, 1.807) is 0 Å². The summed E-state index contributed by atoms with van der Waals surface area (Å²) in [5.74, 6) is 0. The summed E-state index contributed by atoms with van der Waals surface area (Å²) in [6.45, 7) is 7.78. The maximum Gasteiger partial charge on any atom is 0.0700 e. The molecule has 0 rings (SSSR count). The minimum absolute atomic E-state index is 0.763. The molecule has 0 aromatic heterocycles. The van der Waals surface area contributed by atoms with Crippen molar-refractivity contribution in [3.8, 4) is 0 Å². The van der Waals surface area contributed by atoms with Crippen LogP contribution in [-0.4, -0.2) is 26.4 Å². The number of ether oxygens (including phenoxy) is 2. The highest BCUT2D eigenvalue weighted by molar-refractivity contribution is 4.42. The molecule has 0 saturated heterocycles. The normalized spacial score (nSPS) is 10.9. The van der Waals surface area contributed by atoms with Crippen LogP contribution in [-0.2, 0) is 9.47 Å². The van der Waals surface area contributed by atoms with E-state index in [1.807, 2.05) is 0 Å². The molecule has 0 spiro atoms. The molecule has 0 aliphatic rings. The van der Waals surface area contributed by atoms with Crippen molar-refractivity contribution in [3.05, 3.63) is 0 Å². The van der Waals surface area contributed by atoms with Crippen LogP contribution in [0.1, 0.15) is 65.2 Å². The average molecular weight is 230 g/mol. The molecule has 2 heteroatoms. The lowest BCUT2D eigenvalue weighted by Gasteiger charge is -2.05. The molecule has 0 aromatic rings. The molecule has 0 unspecified atom stereocenters. The van der Waals surface area contributed by atoms with E-state index in [0.29, 0.717) is 0 Å². The minimum Gasteiger partial charge on any atom is -0.379 e. The van der Waals surface area contributed by atoms with Gasteiger partial charge in [-0.05, 0) is 12.8 Å². The Morgan fingerprint density at radius 1 is 0.500 bits per heavy atom. The molecule has 0 aliphatic heterocycles. The van der Waals surface area contributed by atoms with Crippen molar-refractivity contribution in [2.75, 3.05) is 26.4 Å². The zero-order chi connectivity index (χ0) is 11.9. The Morgan fingerprint density at radius 2 is 0.938 bits per heavy atom. The molecule has 0 aromatic carbocycles. The lowest BCUT2D eigenvalue weighted by Crippen LogP contribution is -2.06. The summed E-state index contributed by atoms with van der Waals surface area (Å²) in [6.07, 6.45) is 10.3. The van der Waals surface area contributed by atoms with E-state index >= 15 is 0 Å². The number of hydrogen-bond donors (Lipinski definition) is 0. The van der Waals surface area contributed by atoms with Gasteiger partial charge in [0.05, 0.1) is 13.2 Å². The first-order chi connectivity index (χ1) is 7.91. The summed E-state index contributed by atoms with van der Waals surface area (Å²) in [5.41, 5.74) is 0. The van der Waals surface area contributed by atoms with Gasteiger partial charge < -0.3 is 9.47 Å². The van der Waals surface area contributed by atoms with Crippen molar-refractivity contribution in [3.63, 3.8) is 0 Å². The maximum atomic E-state index is 5.50. The van der Waals surface area contributed by atoms with Gasteiger partial charge in [-0.2, -0.15) is 0 Å². The van der Waals surface area contributed by atoms with E-state index in [2.05, 4.69) is 13.8 Å². The van der Waals surface area contributed by atoms with Crippen LogP contribution >= 0.6 is 0 Å². The smallest absolute Gasteiger partial charge is 0.0700 e. The van der Waals surface area contributed by atoms with E-state index in [0.717, 1.165) is 26.4 Å². The van der Waals surface area contributed by atoms with Crippen LogP contribution in [0.15, 0.2) is 0 Å². The monoisotopic (exact) mass is 230 g/mol. The van der Waals surface area contributed by atoms with Crippen molar-refractivity contribution in [2.24, 2.45) is 0 Å². The molecule has 2 nitrogen and oxygen atoms in total. The summed E-state index contributed by atoms with van der Waals surface area (Å²) in [5, 5.41) is 0. The molecule has 98 valence electrons. The first-order valence-corrected chi connectivity index (χ1v) is 7.07. The lowest BCUT2D eigenvalue weighted by atomic mass is 10.2. The summed E-state index contributed by atoms with van der Waals surface area (Å²) >= 11 is 0. The molecule has 0 aliphatic carbocycles. The second kappa shape index (κ2) is 14.9. The zero-order valence-corrected chi connectivity index (χ0v) is 11.3. The standard InChI is InChI=1S/C14H30O2/c1-3-5-7-8-10-12-16-14-13-15-11-9-6-4-2/h3-14H2,1-2H3. The van der Waals surface area contributed by atoms with Gasteiger partial charge in [0.25, 0.3) is 0 Å². The highest BCUT2D eigenvalue weighted by atomic mass is 16.5. The van der Waals surface area contributed by atoms with Crippen LogP contribution in [0.25, 0.3) is 0 Å². The number of unbranched alkanes of at least 4 members (excludes halogenated alkanes) is 6. The largest absolute Gasteiger partial charge is 0.379 e. The zero-order valence-electron chi connectivity index (χ0n) is 11.3. The summed E-state index contributed by atoms with van der Waals surface area (Å²) in [6, 6.07) is 0. The molecule has 0 fully saturated rings. The Hall–Kier alpha value is -0.0800. The van der Waals surface area contributed by atoms with Crippen molar-refractivity contribution < 1.29 is 9.47 Å². The van der Waals surface area contributed by atoms with Gasteiger partial charge in [0.15, 0.2) is 0 Å². The first-order valence-electron chi connectivity index (χ1n) is 7.07. The summed E-state index contributed by atoms with van der Waals surface area (Å²) in [4.78, 5) is 0. The molecule has 0 N–H and O–H groups in total. The number of rotatable bonds is 13. The lowest BCUT2D eigenvalue weighted by molar-refractivity contribution is 0.0449. The Labute approximate surface area is 102 Å². The van der Waals surface area contributed by atoms with Gasteiger partial charge >= 0.3 is 0 Å². The predicted molar refractivity (Wildman–Crippen MR) is 69.9 cm³/mol. The Balaban J connectivity index is 2.83. The third kappa shape index (κ3) is 13.9. The molecular formula is C14H30O2. The van der Waals surface area contributed by atoms with Gasteiger partial charge in [0.2, 0.25) is 0 Å². The van der Waals surface area contributed by atoms with Crippen LogP contribution in [0.5, 0.6) is 0 Å². The van der Waals surface area contributed by atoms with Crippen molar-refractivity contribution in [1.29, 1.82) is 0 Å². The topological polar surface area (TPSA) is 18.5 Å². The molecule has 0 atom stereocenters. The Morgan fingerprint density at radius 3 is 1.50 bits per heavy atom. The van der Waals surface area contributed by atoms with E-state index in [-0.39, 0.29) is 0 Å². The highest BCUT2D eigenvalue weighted by Gasteiger charge is 1.91. The van der Waals surface area contributed by atoms with E-state index in [9.17, 15) is 0 Å². The minimum atomic E-state index is 0.763. The van der Waals surface area contributed by atoms with Crippen molar-refractivity contribution in [2.45, 2.75) is 65.2 Å². The quantitative estimate of drug-likeness (QED) is 0.442. The van der Waals surface area contributed by atoms with Crippen LogP contribution in [0.4, 0.5) is 0 Å². The third-order valence-electron chi connectivity index (χ3n) is 2.66. The van der Waals surface area contributed by atoms with Crippen molar-refractivity contribution >= 4 is 0 Å². The molecule has 0 bridgehead atoms. The average Bonchev–Trinajstić information content (AvgIpc) is 2.31. The summed E-state index contributed by atoms with van der Waals surface area (Å²) in [7, 11) is 0. The van der Waals surface area contributed by atoms with E-state index in [4.69, 9.17) is 9.47 Å². The molecule has 0 amide bonds. The van der Waals surface area contributed by atoms with Crippen molar-refractivity contribution in [1.82, 2.24) is 0 Å². The molecule has 0 saturated carbocycles. The molecule has 16 heavy (non-hydrogen) atoms. The van der Waals surface area contributed by atoms with Gasteiger partial charge in [-0.15, -0.1) is 0 Å². The second-order valence-corrected chi connectivity index (χ2v) is 4.35. The van der Waals surface area contributed by atoms with Crippen LogP contribution in [0.2, 0.25) is 0 Å². The van der Waals surface area contributed by atoms with Gasteiger partial charge in [-0.25, -0.2) is 0 Å². The fourth-order valence-corrected chi connectivity index (χ4v) is 1.58. The number of hydrogen-bond acceptors (Lipinski definition) is 2. The Bertz CT molecular complexity index is 101. The van der Waals surface area contributed by atoms with Crippen LogP contribution in [0.3, 0.4) is 0 Å². The van der Waals surface area contributed by atoms with Gasteiger partial charge in [-0.3, -0.25) is 0 Å². The highest BCUT2D eigenvalue weighted by Crippen LogP contribution is 2.02. The first kappa shape index (κ1) is 15.9. The fourth-order valence-electron chi connectivity index (χ4n) is 1.58. The Kier molecular flexibility index (Phi) is 14.8. The fraction of sp³-hybridized carbons (Fsp3) is 1.00. The molecular weight excluding hydrogens is 200 g/mol.